The van der Waals surface area contributed by atoms with E-state index in [9.17, 15) is 4.79 Å². The van der Waals surface area contributed by atoms with Gasteiger partial charge < -0.3 is 9.47 Å². The summed E-state index contributed by atoms with van der Waals surface area (Å²) in [4.78, 5) is 12.2. The Bertz CT molecular complexity index is 478. The minimum atomic E-state index is -0.664. The lowest BCUT2D eigenvalue weighted by molar-refractivity contribution is -0.177. The molecule has 17 heavy (non-hydrogen) atoms. The molecule has 0 N–H and O–H groups in total. The van der Waals surface area contributed by atoms with Crippen LogP contribution in [0.4, 0.5) is 0 Å². The van der Waals surface area contributed by atoms with Gasteiger partial charge in [0, 0.05) is 17.8 Å². The Morgan fingerprint density at radius 3 is 2.65 bits per heavy atom. The van der Waals surface area contributed by atoms with E-state index in [0.29, 0.717) is 17.7 Å². The Labute approximate surface area is 115 Å². The van der Waals surface area contributed by atoms with Crippen molar-refractivity contribution >= 4 is 37.6 Å². The predicted octanol–water partition coefficient (Wildman–Crippen LogP) is 2.16. The van der Waals surface area contributed by atoms with Gasteiger partial charge in [-0.25, -0.2) is 0 Å². The average molecular weight is 362 g/mol. The van der Waals surface area contributed by atoms with Crippen molar-refractivity contribution < 1.29 is 14.3 Å². The van der Waals surface area contributed by atoms with Crippen LogP contribution in [0.2, 0.25) is 0 Å². The first-order valence-electron chi connectivity index (χ1n) is 5.68. The van der Waals surface area contributed by atoms with Crippen LogP contribution in [0.15, 0.2) is 22.7 Å². The van der Waals surface area contributed by atoms with Crippen molar-refractivity contribution in [2.45, 2.75) is 10.1 Å². The van der Waals surface area contributed by atoms with Gasteiger partial charge >= 0.3 is 0 Å². The molecule has 1 saturated carbocycles. The Morgan fingerprint density at radius 2 is 2.00 bits per heavy atom. The highest BCUT2D eigenvalue weighted by Gasteiger charge is 2.75. The molecule has 3 aliphatic carbocycles. The lowest BCUT2D eigenvalue weighted by Crippen LogP contribution is -2.48. The van der Waals surface area contributed by atoms with E-state index >= 15 is 0 Å². The maximum absolute atomic E-state index is 12.2. The molecule has 0 aromatic carbocycles. The van der Waals surface area contributed by atoms with Gasteiger partial charge in [-0.05, 0) is 15.9 Å². The number of fused-ring (bicyclic) bond motifs is 3. The molecular weight excluding hydrogens is 352 g/mol. The van der Waals surface area contributed by atoms with Crippen LogP contribution < -0.4 is 0 Å². The standard InChI is InChI=1S/C12H10Br2O3/c13-8-5-7-9(10(8)15)6-1-2-11(7,14)12(6)16-3-4-17-12/h1-2,5-7,9H,3-4H2/t6-,7-,9+,11+/m1/s1. The van der Waals surface area contributed by atoms with Crippen molar-refractivity contribution in [3.63, 3.8) is 0 Å². The topological polar surface area (TPSA) is 35.5 Å². The van der Waals surface area contributed by atoms with E-state index in [1.165, 1.54) is 0 Å². The fourth-order valence-corrected chi connectivity index (χ4v) is 5.33. The highest BCUT2D eigenvalue weighted by atomic mass is 79.9. The number of carbonyl (C=O) groups excluding carboxylic acids is 1. The molecule has 1 saturated heterocycles. The molecule has 2 bridgehead atoms. The molecule has 0 unspecified atom stereocenters. The lowest BCUT2D eigenvalue weighted by Gasteiger charge is -2.35. The summed E-state index contributed by atoms with van der Waals surface area (Å²) in [5, 5.41) is 0. The maximum Gasteiger partial charge on any atom is 0.195 e. The van der Waals surface area contributed by atoms with Crippen LogP contribution in [0.5, 0.6) is 0 Å². The van der Waals surface area contributed by atoms with E-state index in [-0.39, 0.29) is 23.5 Å². The van der Waals surface area contributed by atoms with E-state index < -0.39 is 10.1 Å². The first kappa shape index (κ1) is 10.9. The van der Waals surface area contributed by atoms with E-state index in [1.807, 2.05) is 6.08 Å². The molecular formula is C12H10Br2O3. The summed E-state index contributed by atoms with van der Waals surface area (Å²) in [6.07, 6.45) is 6.16. The molecule has 90 valence electrons. The first-order chi connectivity index (χ1) is 8.10. The number of alkyl halides is 1. The number of rotatable bonds is 0. The Kier molecular flexibility index (Phi) is 2.01. The van der Waals surface area contributed by atoms with Gasteiger partial charge in [0.15, 0.2) is 11.6 Å². The zero-order chi connectivity index (χ0) is 11.8. The number of ether oxygens (including phenoxy) is 2. The number of hydrogen-bond acceptors (Lipinski definition) is 3. The minimum Gasteiger partial charge on any atom is -0.345 e. The molecule has 1 spiro atoms. The van der Waals surface area contributed by atoms with Crippen LogP contribution in [0.1, 0.15) is 0 Å². The molecule has 0 aromatic heterocycles. The van der Waals surface area contributed by atoms with Gasteiger partial charge in [0.2, 0.25) is 0 Å². The summed E-state index contributed by atoms with van der Waals surface area (Å²) in [6, 6.07) is 0. The number of allylic oxidation sites excluding steroid dienone is 2. The van der Waals surface area contributed by atoms with E-state index in [2.05, 4.69) is 44.0 Å². The average Bonchev–Trinajstić information content (AvgIpc) is 2.99. The highest BCUT2D eigenvalue weighted by molar-refractivity contribution is 9.12. The van der Waals surface area contributed by atoms with E-state index in [4.69, 9.17) is 9.47 Å². The Hall–Kier alpha value is 0.0300. The Balaban J connectivity index is 1.89. The third kappa shape index (κ3) is 1.01. The van der Waals surface area contributed by atoms with Crippen molar-refractivity contribution in [3.8, 4) is 0 Å². The van der Waals surface area contributed by atoms with Gasteiger partial charge in [-0.2, -0.15) is 0 Å². The van der Waals surface area contributed by atoms with Crippen molar-refractivity contribution in [3.05, 3.63) is 22.7 Å². The second kappa shape index (κ2) is 3.13. The van der Waals surface area contributed by atoms with Gasteiger partial charge in [0.1, 0.15) is 4.32 Å². The fraction of sp³-hybridized carbons (Fsp3) is 0.583. The van der Waals surface area contributed by atoms with E-state index in [1.54, 1.807) is 0 Å². The molecule has 1 aliphatic heterocycles. The number of carbonyl (C=O) groups is 1. The zero-order valence-corrected chi connectivity index (χ0v) is 12.0. The smallest absolute Gasteiger partial charge is 0.195 e. The summed E-state index contributed by atoms with van der Waals surface area (Å²) >= 11 is 7.12. The van der Waals surface area contributed by atoms with Crippen LogP contribution in [0, 0.1) is 17.8 Å². The van der Waals surface area contributed by atoms with Gasteiger partial charge in [-0.15, -0.1) is 0 Å². The lowest BCUT2D eigenvalue weighted by atomic mass is 9.85. The quantitative estimate of drug-likeness (QED) is 0.490. The SMILES string of the molecule is O=C1C(Br)=C[C@@H]2[C@@H]1[C@H]1C=C[C@@]2(Br)C12OCCO2. The van der Waals surface area contributed by atoms with Crippen LogP contribution >= 0.6 is 31.9 Å². The molecule has 0 aromatic rings. The zero-order valence-electron chi connectivity index (χ0n) is 8.86. The van der Waals surface area contributed by atoms with Crippen molar-refractivity contribution in [2.75, 3.05) is 13.2 Å². The van der Waals surface area contributed by atoms with Gasteiger partial charge in [-0.3, -0.25) is 4.79 Å². The van der Waals surface area contributed by atoms with Crippen LogP contribution in [0.3, 0.4) is 0 Å². The maximum atomic E-state index is 12.2. The summed E-state index contributed by atoms with van der Waals surface area (Å²) < 4.78 is 12.1. The summed E-state index contributed by atoms with van der Waals surface area (Å²) in [6.45, 7) is 1.20. The number of halogens is 2. The normalized spacial score (nSPS) is 49.2. The third-order valence-corrected chi connectivity index (χ3v) is 6.36. The van der Waals surface area contributed by atoms with Crippen molar-refractivity contribution in [2.24, 2.45) is 17.8 Å². The number of ketones is 1. The molecule has 5 heteroatoms. The summed E-state index contributed by atoms with van der Waals surface area (Å²) in [5.74, 6) is -0.399. The largest absolute Gasteiger partial charge is 0.345 e. The molecule has 0 amide bonds. The second-order valence-corrected chi connectivity index (χ2v) is 7.11. The molecule has 2 fully saturated rings. The number of hydrogen-bond donors (Lipinski definition) is 0. The Morgan fingerprint density at radius 1 is 1.29 bits per heavy atom. The molecule has 1 heterocycles. The van der Waals surface area contributed by atoms with Gasteiger partial charge in [0.05, 0.1) is 17.7 Å². The second-order valence-electron chi connectivity index (χ2n) is 4.95. The number of Topliss-reactive ketones (excluding diaryl/α,β-unsaturated/α-hetero) is 1. The van der Waals surface area contributed by atoms with Crippen LogP contribution in [-0.2, 0) is 14.3 Å². The first-order valence-corrected chi connectivity index (χ1v) is 7.26. The fourth-order valence-electron chi connectivity index (χ4n) is 3.72. The van der Waals surface area contributed by atoms with Crippen molar-refractivity contribution in [1.29, 1.82) is 0 Å². The molecule has 4 atom stereocenters. The molecule has 0 radical (unpaired) electrons. The summed E-state index contributed by atoms with van der Waals surface area (Å²) in [5.41, 5.74) is 0. The molecule has 4 aliphatic rings. The molecule has 3 nitrogen and oxygen atoms in total. The minimum absolute atomic E-state index is 0.0215. The van der Waals surface area contributed by atoms with Gasteiger partial charge in [-0.1, -0.05) is 34.2 Å². The molecule has 4 rings (SSSR count). The third-order valence-electron chi connectivity index (χ3n) is 4.36. The van der Waals surface area contributed by atoms with Crippen LogP contribution in [-0.4, -0.2) is 29.1 Å². The monoisotopic (exact) mass is 360 g/mol. The summed E-state index contributed by atoms with van der Waals surface area (Å²) in [7, 11) is 0. The van der Waals surface area contributed by atoms with Gasteiger partial charge in [0.25, 0.3) is 0 Å². The predicted molar refractivity (Wildman–Crippen MR) is 67.9 cm³/mol. The highest BCUT2D eigenvalue weighted by Crippen LogP contribution is 2.67. The van der Waals surface area contributed by atoms with Crippen LogP contribution in [0.25, 0.3) is 0 Å². The van der Waals surface area contributed by atoms with Crippen molar-refractivity contribution in [1.82, 2.24) is 0 Å². The van der Waals surface area contributed by atoms with E-state index in [0.717, 1.165) is 0 Å².